The molecule has 0 radical (unpaired) electrons. The van der Waals surface area contributed by atoms with Crippen LogP contribution in [-0.2, 0) is 6.42 Å². The van der Waals surface area contributed by atoms with Gasteiger partial charge in [0.1, 0.15) is 11.6 Å². The fourth-order valence-corrected chi connectivity index (χ4v) is 2.84. The van der Waals surface area contributed by atoms with Gasteiger partial charge >= 0.3 is 0 Å². The van der Waals surface area contributed by atoms with Gasteiger partial charge in [0.25, 0.3) is 0 Å². The molecule has 0 atom stereocenters. The first-order valence-corrected chi connectivity index (χ1v) is 6.88. The fraction of sp³-hybridized carbons (Fsp3) is 0.571. The van der Waals surface area contributed by atoms with Gasteiger partial charge in [-0.1, -0.05) is 25.7 Å². The number of fused-ring (bicyclic) bond motifs is 1. The summed E-state index contributed by atoms with van der Waals surface area (Å²) in [6.45, 7) is 0. The van der Waals surface area contributed by atoms with E-state index in [-0.39, 0.29) is 0 Å². The summed E-state index contributed by atoms with van der Waals surface area (Å²) >= 11 is 0. The Hall–Kier alpha value is -1.58. The number of anilines is 1. The van der Waals surface area contributed by atoms with Gasteiger partial charge in [-0.15, -0.1) is 0 Å². The van der Waals surface area contributed by atoms with Gasteiger partial charge in [-0.3, -0.25) is 0 Å². The van der Waals surface area contributed by atoms with E-state index in [4.69, 9.17) is 0 Å². The molecule has 1 fully saturated rings. The van der Waals surface area contributed by atoms with Crippen molar-refractivity contribution in [3.63, 3.8) is 0 Å². The van der Waals surface area contributed by atoms with Crippen molar-refractivity contribution in [3.8, 4) is 0 Å². The Morgan fingerprint density at radius 1 is 1.28 bits per heavy atom. The number of nitrogens with one attached hydrogen (secondary N) is 2. The van der Waals surface area contributed by atoms with E-state index in [9.17, 15) is 0 Å². The molecule has 0 aliphatic heterocycles. The van der Waals surface area contributed by atoms with Gasteiger partial charge in [0, 0.05) is 13.5 Å². The molecule has 1 aliphatic rings. The third-order valence-corrected chi connectivity index (χ3v) is 3.92. The first-order valence-electron chi connectivity index (χ1n) is 6.88. The van der Waals surface area contributed by atoms with Crippen LogP contribution in [0.1, 0.15) is 37.9 Å². The number of imidazole rings is 1. The van der Waals surface area contributed by atoms with E-state index in [1.165, 1.54) is 32.1 Å². The van der Waals surface area contributed by atoms with Crippen molar-refractivity contribution in [1.29, 1.82) is 0 Å². The van der Waals surface area contributed by atoms with Gasteiger partial charge in [0.15, 0.2) is 5.65 Å². The molecule has 0 spiro atoms. The third kappa shape index (κ3) is 2.33. The molecule has 0 amide bonds. The average molecular weight is 244 g/mol. The number of hydrogen-bond acceptors (Lipinski definition) is 3. The highest BCUT2D eigenvalue weighted by molar-refractivity contribution is 5.72. The highest BCUT2D eigenvalue weighted by Crippen LogP contribution is 2.28. The molecular weight excluding hydrogens is 224 g/mol. The molecule has 0 bridgehead atoms. The highest BCUT2D eigenvalue weighted by Gasteiger charge is 2.15. The van der Waals surface area contributed by atoms with E-state index in [0.29, 0.717) is 0 Å². The van der Waals surface area contributed by atoms with Gasteiger partial charge in [0.2, 0.25) is 0 Å². The van der Waals surface area contributed by atoms with Crippen LogP contribution in [0, 0.1) is 5.92 Å². The summed E-state index contributed by atoms with van der Waals surface area (Å²) in [6, 6.07) is 4.02. The van der Waals surface area contributed by atoms with E-state index in [2.05, 4.69) is 20.3 Å². The molecule has 1 aliphatic carbocycles. The average Bonchev–Trinajstić information content (AvgIpc) is 3.04. The SMILES string of the molecule is CNc1ccc2[nH]c(CCC3CCCC3)nc2n1. The van der Waals surface area contributed by atoms with E-state index < -0.39 is 0 Å². The fourth-order valence-electron chi connectivity index (χ4n) is 2.84. The minimum atomic E-state index is 0.822. The summed E-state index contributed by atoms with van der Waals surface area (Å²) < 4.78 is 0. The molecule has 0 aromatic carbocycles. The van der Waals surface area contributed by atoms with Gasteiger partial charge in [-0.25, -0.2) is 9.97 Å². The number of aromatic nitrogens is 3. The van der Waals surface area contributed by atoms with Gasteiger partial charge in [-0.2, -0.15) is 0 Å². The van der Waals surface area contributed by atoms with Crippen LogP contribution in [-0.4, -0.2) is 22.0 Å². The molecule has 2 aromatic rings. The predicted octanol–water partition coefficient (Wildman–Crippen LogP) is 3.12. The van der Waals surface area contributed by atoms with E-state index in [1.54, 1.807) is 0 Å². The summed E-state index contributed by atoms with van der Waals surface area (Å²) in [5.41, 5.74) is 1.86. The van der Waals surface area contributed by atoms with Crippen LogP contribution in [0.2, 0.25) is 0 Å². The van der Waals surface area contributed by atoms with Crippen LogP contribution < -0.4 is 5.32 Å². The lowest BCUT2D eigenvalue weighted by molar-refractivity contribution is 0.498. The molecule has 2 aromatic heterocycles. The van der Waals surface area contributed by atoms with Crippen molar-refractivity contribution in [1.82, 2.24) is 15.0 Å². The maximum Gasteiger partial charge on any atom is 0.179 e. The summed E-state index contributed by atoms with van der Waals surface area (Å²) in [5, 5.41) is 3.04. The quantitative estimate of drug-likeness (QED) is 0.868. The lowest BCUT2D eigenvalue weighted by Crippen LogP contribution is -1.97. The van der Waals surface area contributed by atoms with Crippen LogP contribution in [0.4, 0.5) is 5.82 Å². The molecule has 1 saturated carbocycles. The minimum absolute atomic E-state index is 0.822. The maximum atomic E-state index is 4.58. The first-order chi connectivity index (χ1) is 8.85. The Morgan fingerprint density at radius 3 is 2.89 bits per heavy atom. The van der Waals surface area contributed by atoms with Crippen molar-refractivity contribution >= 4 is 17.0 Å². The lowest BCUT2D eigenvalue weighted by atomic mass is 10.0. The van der Waals surface area contributed by atoms with E-state index >= 15 is 0 Å². The molecule has 2 N–H and O–H groups in total. The van der Waals surface area contributed by atoms with Crippen molar-refractivity contribution < 1.29 is 0 Å². The van der Waals surface area contributed by atoms with Crippen molar-refractivity contribution in [2.24, 2.45) is 5.92 Å². The van der Waals surface area contributed by atoms with E-state index in [0.717, 1.165) is 35.1 Å². The second kappa shape index (κ2) is 4.96. The topological polar surface area (TPSA) is 53.6 Å². The standard InChI is InChI=1S/C14H20N4/c1-15-12-9-7-11-14(17-12)18-13(16-11)8-6-10-4-2-3-5-10/h7,9-10H,2-6,8H2,1H3,(H2,15,16,17,18). The summed E-state index contributed by atoms with van der Waals surface area (Å²) in [5.74, 6) is 2.87. The molecule has 4 heteroatoms. The van der Waals surface area contributed by atoms with Crippen LogP contribution in [0.5, 0.6) is 0 Å². The van der Waals surface area contributed by atoms with Crippen LogP contribution in [0.25, 0.3) is 11.2 Å². The summed E-state index contributed by atoms with van der Waals surface area (Å²) in [7, 11) is 1.88. The smallest absolute Gasteiger partial charge is 0.179 e. The molecule has 3 rings (SSSR count). The van der Waals surface area contributed by atoms with E-state index in [1.807, 2.05) is 19.2 Å². The summed E-state index contributed by atoms with van der Waals surface area (Å²) in [4.78, 5) is 12.4. The first kappa shape index (κ1) is 11.5. The number of nitrogens with zero attached hydrogens (tertiary/aromatic N) is 2. The number of aryl methyl sites for hydroxylation is 1. The highest BCUT2D eigenvalue weighted by atomic mass is 15.0. The van der Waals surface area contributed by atoms with Gasteiger partial charge < -0.3 is 10.3 Å². The largest absolute Gasteiger partial charge is 0.373 e. The molecule has 18 heavy (non-hydrogen) atoms. The zero-order chi connectivity index (χ0) is 12.4. The number of pyridine rings is 1. The van der Waals surface area contributed by atoms with Crippen LogP contribution >= 0.6 is 0 Å². The Labute approximate surface area is 107 Å². The normalized spacial score (nSPS) is 16.5. The monoisotopic (exact) mass is 244 g/mol. The zero-order valence-electron chi connectivity index (χ0n) is 10.9. The lowest BCUT2D eigenvalue weighted by Gasteiger charge is -2.05. The Morgan fingerprint density at radius 2 is 2.11 bits per heavy atom. The van der Waals surface area contributed by atoms with Crippen LogP contribution in [0.3, 0.4) is 0 Å². The maximum absolute atomic E-state index is 4.58. The van der Waals surface area contributed by atoms with Crippen molar-refractivity contribution in [2.75, 3.05) is 12.4 Å². The predicted molar refractivity (Wildman–Crippen MR) is 73.7 cm³/mol. The molecule has 2 heterocycles. The Kier molecular flexibility index (Phi) is 3.17. The van der Waals surface area contributed by atoms with Crippen LogP contribution in [0.15, 0.2) is 12.1 Å². The van der Waals surface area contributed by atoms with Crippen molar-refractivity contribution in [3.05, 3.63) is 18.0 Å². The second-order valence-electron chi connectivity index (χ2n) is 5.19. The van der Waals surface area contributed by atoms with Gasteiger partial charge in [0.05, 0.1) is 5.52 Å². The number of rotatable bonds is 4. The minimum Gasteiger partial charge on any atom is -0.373 e. The number of aromatic amines is 1. The molecule has 0 saturated heterocycles. The number of hydrogen-bond donors (Lipinski definition) is 2. The molecule has 96 valence electrons. The zero-order valence-corrected chi connectivity index (χ0v) is 10.9. The molecular formula is C14H20N4. The molecule has 4 nitrogen and oxygen atoms in total. The Balaban J connectivity index is 1.72. The van der Waals surface area contributed by atoms with Gasteiger partial charge in [-0.05, 0) is 24.5 Å². The molecule has 0 unspecified atom stereocenters. The second-order valence-corrected chi connectivity index (χ2v) is 5.19. The third-order valence-electron chi connectivity index (χ3n) is 3.92. The Bertz CT molecular complexity index is 526. The summed E-state index contributed by atoms with van der Waals surface area (Å²) in [6.07, 6.45) is 7.95. The number of H-pyrrole nitrogens is 1. The van der Waals surface area contributed by atoms with Crippen molar-refractivity contribution in [2.45, 2.75) is 38.5 Å².